The number of H-pyrrole nitrogens is 1. The van der Waals surface area contributed by atoms with E-state index in [1.165, 1.54) is 11.4 Å². The predicted molar refractivity (Wildman–Crippen MR) is 75.7 cm³/mol. The molecule has 0 bridgehead atoms. The first-order chi connectivity index (χ1) is 9.30. The third-order valence-electron chi connectivity index (χ3n) is 3.03. The predicted octanol–water partition coefficient (Wildman–Crippen LogP) is 1.55. The number of sulfonamides is 1. The summed E-state index contributed by atoms with van der Waals surface area (Å²) in [5.41, 5.74) is 1.77. The molecule has 0 atom stereocenters. The topological polar surface area (TPSA) is 79.0 Å². The van der Waals surface area contributed by atoms with Crippen molar-refractivity contribution in [3.05, 3.63) is 41.0 Å². The Labute approximate surface area is 118 Å². The summed E-state index contributed by atoms with van der Waals surface area (Å²) in [6, 6.07) is 5.29. The lowest BCUT2D eigenvalue weighted by atomic mass is 10.2. The number of aromatic amines is 1. The number of nitrogens with zero attached hydrogens (tertiary/aromatic N) is 3. The molecule has 0 aliphatic heterocycles. The minimum atomic E-state index is -3.54. The van der Waals surface area contributed by atoms with Crippen molar-refractivity contribution < 1.29 is 8.42 Å². The van der Waals surface area contributed by atoms with Crippen LogP contribution in [0.15, 0.2) is 23.1 Å². The van der Waals surface area contributed by atoms with Crippen LogP contribution in [0.1, 0.15) is 22.8 Å². The number of rotatable bonds is 4. The molecule has 0 unspecified atom stereocenters. The van der Waals surface area contributed by atoms with Gasteiger partial charge in [-0.15, -0.1) is 0 Å². The molecule has 0 fully saturated rings. The second-order valence-electron chi connectivity index (χ2n) is 4.87. The van der Waals surface area contributed by atoms with Gasteiger partial charge in [0.2, 0.25) is 10.0 Å². The minimum absolute atomic E-state index is 0.139. The molecule has 1 aromatic heterocycles. The highest BCUT2D eigenvalue weighted by Gasteiger charge is 2.23. The molecule has 0 saturated carbocycles. The first-order valence-corrected chi connectivity index (χ1v) is 7.66. The first kappa shape index (κ1) is 14.7. The molecular formula is C13H18N4O2S. The van der Waals surface area contributed by atoms with Gasteiger partial charge in [0.05, 0.1) is 11.4 Å². The van der Waals surface area contributed by atoms with E-state index >= 15 is 0 Å². The van der Waals surface area contributed by atoms with Crippen LogP contribution in [0.5, 0.6) is 0 Å². The molecule has 0 spiro atoms. The molecule has 0 radical (unpaired) electrons. The highest BCUT2D eigenvalue weighted by Crippen LogP contribution is 2.20. The van der Waals surface area contributed by atoms with Gasteiger partial charge >= 0.3 is 0 Å². The summed E-state index contributed by atoms with van der Waals surface area (Å²) in [6.45, 7) is 5.64. The van der Waals surface area contributed by atoms with Crippen LogP contribution in [0.25, 0.3) is 0 Å². The third kappa shape index (κ3) is 2.88. The molecule has 0 amide bonds. The first-order valence-electron chi connectivity index (χ1n) is 6.22. The lowest BCUT2D eigenvalue weighted by Gasteiger charge is -2.17. The summed E-state index contributed by atoms with van der Waals surface area (Å²) in [7, 11) is -2.01. The second kappa shape index (κ2) is 5.34. The SMILES string of the molecule is Cc1ccc(S(=O)(=O)N(C)Cc2n[nH]c(C)n2)c(C)c1. The smallest absolute Gasteiger partial charge is 0.243 e. The van der Waals surface area contributed by atoms with Crippen molar-refractivity contribution in [1.82, 2.24) is 19.5 Å². The second-order valence-corrected chi connectivity index (χ2v) is 6.88. The number of hydrogen-bond acceptors (Lipinski definition) is 4. The lowest BCUT2D eigenvalue weighted by molar-refractivity contribution is 0.456. The van der Waals surface area contributed by atoms with Gasteiger partial charge in [-0.1, -0.05) is 17.7 Å². The van der Waals surface area contributed by atoms with E-state index in [9.17, 15) is 8.42 Å². The zero-order valence-electron chi connectivity index (χ0n) is 12.0. The highest BCUT2D eigenvalue weighted by atomic mass is 32.2. The molecule has 2 aromatic rings. The Morgan fingerprint density at radius 1 is 1.25 bits per heavy atom. The maximum Gasteiger partial charge on any atom is 0.243 e. The maximum atomic E-state index is 12.5. The Hall–Kier alpha value is -1.73. The van der Waals surface area contributed by atoms with Crippen LogP contribution < -0.4 is 0 Å². The number of benzene rings is 1. The largest absolute Gasteiger partial charge is 0.263 e. The fourth-order valence-corrected chi connectivity index (χ4v) is 3.33. The highest BCUT2D eigenvalue weighted by molar-refractivity contribution is 7.89. The van der Waals surface area contributed by atoms with Gasteiger partial charge in [0.15, 0.2) is 5.82 Å². The van der Waals surface area contributed by atoms with Gasteiger partial charge in [-0.2, -0.15) is 9.40 Å². The van der Waals surface area contributed by atoms with Crippen molar-refractivity contribution in [3.8, 4) is 0 Å². The number of aromatic nitrogens is 3. The van der Waals surface area contributed by atoms with Crippen molar-refractivity contribution >= 4 is 10.0 Å². The Kier molecular flexibility index (Phi) is 3.92. The molecular weight excluding hydrogens is 276 g/mol. The summed E-state index contributed by atoms with van der Waals surface area (Å²) >= 11 is 0. The van der Waals surface area contributed by atoms with E-state index in [0.717, 1.165) is 11.1 Å². The van der Waals surface area contributed by atoms with Crippen LogP contribution in [0.3, 0.4) is 0 Å². The molecule has 7 heteroatoms. The summed E-state index contributed by atoms with van der Waals surface area (Å²) in [4.78, 5) is 4.44. The molecule has 1 N–H and O–H groups in total. The van der Waals surface area contributed by atoms with Crippen molar-refractivity contribution in [2.24, 2.45) is 0 Å². The molecule has 108 valence electrons. The van der Waals surface area contributed by atoms with E-state index in [0.29, 0.717) is 16.5 Å². The van der Waals surface area contributed by atoms with E-state index in [1.807, 2.05) is 13.0 Å². The molecule has 0 aliphatic carbocycles. The van der Waals surface area contributed by atoms with Crippen LogP contribution in [-0.4, -0.2) is 35.0 Å². The van der Waals surface area contributed by atoms with E-state index in [4.69, 9.17) is 0 Å². The Morgan fingerprint density at radius 2 is 1.95 bits per heavy atom. The standard InChI is InChI=1S/C13H18N4O2S/c1-9-5-6-12(10(2)7-9)20(18,19)17(4)8-13-14-11(3)15-16-13/h5-7H,8H2,1-4H3,(H,14,15,16). The molecule has 2 rings (SSSR count). The molecule has 1 aromatic carbocycles. The van der Waals surface area contributed by atoms with Gasteiger partial charge in [-0.3, -0.25) is 5.10 Å². The van der Waals surface area contributed by atoms with Gasteiger partial charge in [0.1, 0.15) is 5.82 Å². The fraction of sp³-hybridized carbons (Fsp3) is 0.385. The Morgan fingerprint density at radius 3 is 2.50 bits per heavy atom. The van der Waals surface area contributed by atoms with E-state index in [-0.39, 0.29) is 6.54 Å². The molecule has 0 saturated heterocycles. The van der Waals surface area contributed by atoms with Crippen molar-refractivity contribution in [2.45, 2.75) is 32.2 Å². The van der Waals surface area contributed by atoms with Gasteiger partial charge in [0, 0.05) is 7.05 Å². The Bertz CT molecular complexity index is 722. The maximum absolute atomic E-state index is 12.5. The fourth-order valence-electron chi connectivity index (χ4n) is 2.00. The van der Waals surface area contributed by atoms with Crippen LogP contribution in [0.2, 0.25) is 0 Å². The zero-order chi connectivity index (χ0) is 14.9. The van der Waals surface area contributed by atoms with Gasteiger partial charge in [-0.05, 0) is 32.4 Å². The van der Waals surface area contributed by atoms with Crippen LogP contribution in [-0.2, 0) is 16.6 Å². The molecule has 1 heterocycles. The van der Waals surface area contributed by atoms with Crippen molar-refractivity contribution in [2.75, 3.05) is 7.05 Å². The monoisotopic (exact) mass is 294 g/mol. The normalized spacial score (nSPS) is 12.1. The Balaban J connectivity index is 2.29. The van der Waals surface area contributed by atoms with Gasteiger partial charge < -0.3 is 0 Å². The summed E-state index contributed by atoms with van der Waals surface area (Å²) < 4.78 is 26.3. The van der Waals surface area contributed by atoms with Crippen LogP contribution in [0.4, 0.5) is 0 Å². The van der Waals surface area contributed by atoms with Crippen LogP contribution in [0, 0.1) is 20.8 Å². The minimum Gasteiger partial charge on any atom is -0.263 e. The molecule has 6 nitrogen and oxygen atoms in total. The third-order valence-corrected chi connectivity index (χ3v) is 4.99. The van der Waals surface area contributed by atoms with Crippen molar-refractivity contribution in [1.29, 1.82) is 0 Å². The number of aryl methyl sites for hydroxylation is 3. The van der Waals surface area contributed by atoms with Gasteiger partial charge in [-0.25, -0.2) is 13.4 Å². The van der Waals surface area contributed by atoms with Gasteiger partial charge in [0.25, 0.3) is 0 Å². The van der Waals surface area contributed by atoms with E-state index < -0.39 is 10.0 Å². The lowest BCUT2D eigenvalue weighted by Crippen LogP contribution is -2.27. The number of hydrogen-bond donors (Lipinski definition) is 1. The van der Waals surface area contributed by atoms with E-state index in [2.05, 4.69) is 15.2 Å². The average Bonchev–Trinajstić information content (AvgIpc) is 2.74. The van der Waals surface area contributed by atoms with Crippen molar-refractivity contribution in [3.63, 3.8) is 0 Å². The number of nitrogens with one attached hydrogen (secondary N) is 1. The quantitative estimate of drug-likeness (QED) is 0.928. The van der Waals surface area contributed by atoms with Crippen LogP contribution >= 0.6 is 0 Å². The average molecular weight is 294 g/mol. The summed E-state index contributed by atoms with van der Waals surface area (Å²) in [5.74, 6) is 1.12. The summed E-state index contributed by atoms with van der Waals surface area (Å²) in [5, 5.41) is 6.66. The zero-order valence-corrected chi connectivity index (χ0v) is 12.8. The summed E-state index contributed by atoms with van der Waals surface area (Å²) in [6.07, 6.45) is 0. The molecule has 0 aliphatic rings. The van der Waals surface area contributed by atoms with E-state index in [1.54, 1.807) is 26.0 Å². The molecule has 20 heavy (non-hydrogen) atoms.